The highest BCUT2D eigenvalue weighted by molar-refractivity contribution is 5.76. The second-order valence-electron chi connectivity index (χ2n) is 23.9. The molecular formula is C71H135NO5. The van der Waals surface area contributed by atoms with Crippen LogP contribution in [-0.4, -0.2) is 47.4 Å². The van der Waals surface area contributed by atoms with Crippen molar-refractivity contribution in [3.63, 3.8) is 0 Å². The monoisotopic (exact) mass is 1080 g/mol. The van der Waals surface area contributed by atoms with Crippen LogP contribution in [0.5, 0.6) is 0 Å². The molecule has 0 rings (SSSR count). The fourth-order valence-corrected chi connectivity index (χ4v) is 10.8. The minimum absolute atomic E-state index is 0.000501. The molecule has 0 heterocycles. The molecule has 454 valence electrons. The molecule has 0 bridgehead atoms. The molecule has 0 aliphatic carbocycles. The van der Waals surface area contributed by atoms with Crippen LogP contribution in [-0.2, 0) is 14.3 Å². The van der Waals surface area contributed by atoms with Crippen LogP contribution in [0.25, 0.3) is 0 Å². The number of esters is 1. The zero-order chi connectivity index (χ0) is 55.7. The number of allylic oxidation sites excluding steroid dienone is 5. The molecule has 0 aromatic carbocycles. The minimum Gasteiger partial charge on any atom is -0.466 e. The van der Waals surface area contributed by atoms with Gasteiger partial charge in [-0.25, -0.2) is 0 Å². The Hall–Kier alpha value is -1.92. The summed E-state index contributed by atoms with van der Waals surface area (Å²) in [6.07, 6.45) is 84.9. The summed E-state index contributed by atoms with van der Waals surface area (Å²) in [6, 6.07) is -0.633. The Morgan fingerprint density at radius 2 is 0.649 bits per heavy atom. The second kappa shape index (κ2) is 66.6. The first kappa shape index (κ1) is 75.1. The van der Waals surface area contributed by atoms with Gasteiger partial charge in [-0.15, -0.1) is 0 Å². The Morgan fingerprint density at radius 1 is 0.364 bits per heavy atom. The van der Waals surface area contributed by atoms with E-state index in [2.05, 4.69) is 43.5 Å². The SMILES string of the molecule is CCCCC/C=C\C/C=C\CCCCCCCCCC(=O)OCCCCCCCCCCCCCCCCCCCCC(=O)NC(CO)C(O)/C=C/CCCCCCCCCCCCCCCCCCCCCCCCC. The first-order valence-corrected chi connectivity index (χ1v) is 34.8. The molecule has 0 spiro atoms. The molecule has 0 fully saturated rings. The predicted octanol–water partition coefficient (Wildman–Crippen LogP) is 22.3. The van der Waals surface area contributed by atoms with E-state index in [9.17, 15) is 19.8 Å². The number of hydrogen-bond acceptors (Lipinski definition) is 5. The van der Waals surface area contributed by atoms with E-state index in [1.165, 1.54) is 302 Å². The van der Waals surface area contributed by atoms with Crippen molar-refractivity contribution in [1.82, 2.24) is 5.32 Å². The van der Waals surface area contributed by atoms with Crippen molar-refractivity contribution in [3.8, 4) is 0 Å². The normalized spacial score (nSPS) is 12.7. The lowest BCUT2D eigenvalue weighted by Crippen LogP contribution is -2.45. The van der Waals surface area contributed by atoms with Crippen LogP contribution in [0.15, 0.2) is 36.5 Å². The van der Waals surface area contributed by atoms with E-state index in [0.29, 0.717) is 19.4 Å². The molecule has 0 saturated carbocycles. The molecule has 6 nitrogen and oxygen atoms in total. The maximum atomic E-state index is 12.5. The number of aliphatic hydroxyl groups excluding tert-OH is 2. The van der Waals surface area contributed by atoms with Crippen molar-refractivity contribution in [3.05, 3.63) is 36.5 Å². The van der Waals surface area contributed by atoms with Gasteiger partial charge in [0.05, 0.1) is 25.4 Å². The smallest absolute Gasteiger partial charge is 0.305 e. The lowest BCUT2D eigenvalue weighted by Gasteiger charge is -2.20. The maximum Gasteiger partial charge on any atom is 0.305 e. The molecule has 3 N–H and O–H groups in total. The molecule has 0 radical (unpaired) electrons. The van der Waals surface area contributed by atoms with Gasteiger partial charge in [0.25, 0.3) is 0 Å². The van der Waals surface area contributed by atoms with Gasteiger partial charge >= 0.3 is 5.97 Å². The van der Waals surface area contributed by atoms with E-state index in [1.54, 1.807) is 6.08 Å². The Balaban J connectivity index is 3.43. The van der Waals surface area contributed by atoms with Crippen molar-refractivity contribution in [1.29, 1.82) is 0 Å². The standard InChI is InChI=1S/C71H135NO5/c1-3-5-7-9-11-13-15-17-19-21-22-23-24-25-26-27-28-32-35-39-43-47-51-55-59-63-69(74)68(67-73)72-70(75)64-60-56-52-48-44-40-36-33-29-30-34-38-42-46-50-54-58-62-66-77-71(76)65-61-57-53-49-45-41-37-31-20-18-16-14-12-10-8-6-4-2/h12,14,18,20,59,63,68-69,73-74H,3-11,13,15-17,19,21-58,60-62,64-67H2,1-2H3,(H,72,75)/b14-12-,20-18-,63-59+. The molecule has 0 aromatic heterocycles. The first-order chi connectivity index (χ1) is 38.0. The summed E-state index contributed by atoms with van der Waals surface area (Å²) in [5, 5.41) is 23.3. The lowest BCUT2D eigenvalue weighted by molar-refractivity contribution is -0.143. The number of unbranched alkanes of at least 4 members (excludes halogenated alkanes) is 50. The summed E-state index contributed by atoms with van der Waals surface area (Å²) >= 11 is 0. The topological polar surface area (TPSA) is 95.9 Å². The van der Waals surface area contributed by atoms with E-state index in [0.717, 1.165) is 51.4 Å². The number of carbonyl (C=O) groups excluding carboxylic acids is 2. The van der Waals surface area contributed by atoms with Crippen LogP contribution < -0.4 is 5.32 Å². The van der Waals surface area contributed by atoms with E-state index in [1.807, 2.05) is 6.08 Å². The van der Waals surface area contributed by atoms with Gasteiger partial charge in [0, 0.05) is 12.8 Å². The summed E-state index contributed by atoms with van der Waals surface area (Å²) in [6.45, 7) is 4.90. The van der Waals surface area contributed by atoms with Crippen molar-refractivity contribution < 1.29 is 24.5 Å². The molecular weight excluding hydrogens is 947 g/mol. The third kappa shape index (κ3) is 63.1. The fourth-order valence-electron chi connectivity index (χ4n) is 10.8. The van der Waals surface area contributed by atoms with Gasteiger partial charge in [0.2, 0.25) is 5.91 Å². The zero-order valence-corrected chi connectivity index (χ0v) is 52.0. The van der Waals surface area contributed by atoms with E-state index >= 15 is 0 Å². The zero-order valence-electron chi connectivity index (χ0n) is 52.0. The summed E-state index contributed by atoms with van der Waals surface area (Å²) in [5.74, 6) is -0.0688. The van der Waals surface area contributed by atoms with Crippen LogP contribution in [0, 0.1) is 0 Å². The van der Waals surface area contributed by atoms with Crippen LogP contribution in [0.3, 0.4) is 0 Å². The first-order valence-electron chi connectivity index (χ1n) is 34.8. The minimum atomic E-state index is -0.850. The summed E-state index contributed by atoms with van der Waals surface area (Å²) in [7, 11) is 0. The van der Waals surface area contributed by atoms with Crippen LogP contribution in [0.4, 0.5) is 0 Å². The molecule has 0 saturated heterocycles. The Morgan fingerprint density at radius 3 is 1.01 bits per heavy atom. The van der Waals surface area contributed by atoms with Crippen molar-refractivity contribution in [2.75, 3.05) is 13.2 Å². The van der Waals surface area contributed by atoms with Crippen LogP contribution in [0.1, 0.15) is 380 Å². The molecule has 0 aliphatic heterocycles. The number of hydrogen-bond donors (Lipinski definition) is 3. The molecule has 77 heavy (non-hydrogen) atoms. The highest BCUT2D eigenvalue weighted by Crippen LogP contribution is 2.18. The lowest BCUT2D eigenvalue weighted by atomic mass is 10.0. The summed E-state index contributed by atoms with van der Waals surface area (Å²) in [4.78, 5) is 24.6. The molecule has 2 atom stereocenters. The quantitative estimate of drug-likeness (QED) is 0.0320. The van der Waals surface area contributed by atoms with E-state index in [-0.39, 0.29) is 18.5 Å². The van der Waals surface area contributed by atoms with Crippen molar-refractivity contribution in [2.45, 2.75) is 392 Å². The Bertz CT molecular complexity index is 1250. The van der Waals surface area contributed by atoms with Gasteiger partial charge in [0.15, 0.2) is 0 Å². The van der Waals surface area contributed by atoms with Gasteiger partial charge in [-0.1, -0.05) is 339 Å². The average molecular weight is 1080 g/mol. The highest BCUT2D eigenvalue weighted by atomic mass is 16.5. The number of nitrogens with one attached hydrogen (secondary N) is 1. The maximum absolute atomic E-state index is 12.5. The number of rotatable bonds is 65. The van der Waals surface area contributed by atoms with Gasteiger partial charge in [-0.05, 0) is 64.2 Å². The Labute approximate surface area is 481 Å². The molecule has 0 aromatic rings. The van der Waals surface area contributed by atoms with Crippen molar-refractivity contribution in [2.24, 2.45) is 0 Å². The number of carbonyl (C=O) groups is 2. The molecule has 0 aliphatic rings. The van der Waals surface area contributed by atoms with Crippen molar-refractivity contribution >= 4 is 11.9 Å². The van der Waals surface area contributed by atoms with Crippen LogP contribution in [0.2, 0.25) is 0 Å². The number of ether oxygens (including phenoxy) is 1. The van der Waals surface area contributed by atoms with Crippen LogP contribution >= 0.6 is 0 Å². The van der Waals surface area contributed by atoms with Gasteiger partial charge < -0.3 is 20.3 Å². The summed E-state index contributed by atoms with van der Waals surface area (Å²) < 4.78 is 5.49. The number of amides is 1. The molecule has 2 unspecified atom stereocenters. The van der Waals surface area contributed by atoms with E-state index in [4.69, 9.17) is 4.74 Å². The Kier molecular flexibility index (Phi) is 64.9. The van der Waals surface area contributed by atoms with E-state index < -0.39 is 12.1 Å². The third-order valence-electron chi connectivity index (χ3n) is 16.2. The summed E-state index contributed by atoms with van der Waals surface area (Å²) in [5.41, 5.74) is 0. The fraction of sp³-hybridized carbons (Fsp3) is 0.887. The highest BCUT2D eigenvalue weighted by Gasteiger charge is 2.18. The molecule has 6 heteroatoms. The van der Waals surface area contributed by atoms with Gasteiger partial charge in [-0.3, -0.25) is 9.59 Å². The third-order valence-corrected chi connectivity index (χ3v) is 16.2. The second-order valence-corrected chi connectivity index (χ2v) is 23.9. The average Bonchev–Trinajstić information content (AvgIpc) is 3.43. The van der Waals surface area contributed by atoms with Gasteiger partial charge in [0.1, 0.15) is 0 Å². The molecule has 1 amide bonds. The van der Waals surface area contributed by atoms with Gasteiger partial charge in [-0.2, -0.15) is 0 Å². The number of aliphatic hydroxyl groups is 2. The predicted molar refractivity (Wildman–Crippen MR) is 338 cm³/mol. The largest absolute Gasteiger partial charge is 0.466 e.